The lowest BCUT2D eigenvalue weighted by Gasteiger charge is -2.20. The fraction of sp³-hybridized carbons (Fsp3) is 0.214. The maximum atomic E-state index is 12.2. The molecule has 3 rings (SSSR count). The zero-order valence-corrected chi connectivity index (χ0v) is 10.8. The van der Waals surface area contributed by atoms with Crippen LogP contribution in [-0.4, -0.2) is 15.9 Å². The van der Waals surface area contributed by atoms with Crippen molar-refractivity contribution in [3.63, 3.8) is 0 Å². The molecule has 5 heteroatoms. The molecule has 2 heterocycles. The Morgan fingerprint density at radius 3 is 2.89 bits per heavy atom. The van der Waals surface area contributed by atoms with Crippen LogP contribution in [0.1, 0.15) is 16.7 Å². The number of nitrogens with zero attached hydrogens (tertiary/aromatic N) is 3. The summed E-state index contributed by atoms with van der Waals surface area (Å²) in [6, 6.07) is 3.91. The second-order valence-electron chi connectivity index (χ2n) is 4.79. The lowest BCUT2D eigenvalue weighted by Crippen LogP contribution is -2.23. The largest absolute Gasteiger partial charge is 0.397 e. The lowest BCUT2D eigenvalue weighted by atomic mass is 10.1. The molecule has 2 aromatic rings. The monoisotopic (exact) mass is 254 g/mol. The Morgan fingerprint density at radius 2 is 2.11 bits per heavy atom. The number of carbonyl (C=O) groups is 1. The van der Waals surface area contributed by atoms with Crippen molar-refractivity contribution in [2.75, 3.05) is 10.6 Å². The highest BCUT2D eigenvalue weighted by molar-refractivity contribution is 6.08. The van der Waals surface area contributed by atoms with E-state index in [4.69, 9.17) is 5.73 Å². The second kappa shape index (κ2) is 4.05. The van der Waals surface area contributed by atoms with Gasteiger partial charge < -0.3 is 5.73 Å². The van der Waals surface area contributed by atoms with Gasteiger partial charge in [-0.05, 0) is 31.0 Å². The fourth-order valence-corrected chi connectivity index (χ4v) is 2.43. The Hall–Kier alpha value is -2.43. The van der Waals surface area contributed by atoms with Crippen molar-refractivity contribution in [2.24, 2.45) is 0 Å². The number of hydrogen-bond acceptors (Lipinski definition) is 4. The minimum atomic E-state index is -0.0211. The van der Waals surface area contributed by atoms with E-state index < -0.39 is 0 Å². The minimum absolute atomic E-state index is 0.0211. The minimum Gasteiger partial charge on any atom is -0.397 e. The quantitative estimate of drug-likeness (QED) is 0.789. The number of nitrogens with two attached hydrogens (primary N) is 1. The normalized spacial score (nSPS) is 13.8. The molecule has 96 valence electrons. The molecule has 0 spiro atoms. The van der Waals surface area contributed by atoms with E-state index in [1.807, 2.05) is 26.0 Å². The molecule has 2 N–H and O–H groups in total. The van der Waals surface area contributed by atoms with Gasteiger partial charge in [-0.3, -0.25) is 9.69 Å². The fourth-order valence-electron chi connectivity index (χ4n) is 2.43. The van der Waals surface area contributed by atoms with Gasteiger partial charge in [-0.25, -0.2) is 9.97 Å². The summed E-state index contributed by atoms with van der Waals surface area (Å²) in [6.45, 7) is 3.92. The van der Waals surface area contributed by atoms with Crippen molar-refractivity contribution in [1.29, 1.82) is 0 Å². The van der Waals surface area contributed by atoms with Gasteiger partial charge in [0.25, 0.3) is 0 Å². The Morgan fingerprint density at radius 1 is 1.32 bits per heavy atom. The summed E-state index contributed by atoms with van der Waals surface area (Å²) in [7, 11) is 0. The second-order valence-corrected chi connectivity index (χ2v) is 4.79. The molecule has 1 aliphatic rings. The van der Waals surface area contributed by atoms with E-state index in [0.29, 0.717) is 23.6 Å². The standard InChI is InChI=1S/C14H14N4O/c1-8-3-9(2)13(15)11(4-8)18-12(19)5-10-6-16-7-17-14(10)18/h3-4,6-7H,5,15H2,1-2H3. The van der Waals surface area contributed by atoms with Gasteiger partial charge in [0.15, 0.2) is 0 Å². The van der Waals surface area contributed by atoms with Crippen LogP contribution < -0.4 is 10.6 Å². The van der Waals surface area contributed by atoms with Crippen molar-refractivity contribution >= 4 is 23.1 Å². The van der Waals surface area contributed by atoms with Crippen LogP contribution >= 0.6 is 0 Å². The summed E-state index contributed by atoms with van der Waals surface area (Å²) in [6.07, 6.45) is 3.45. The van der Waals surface area contributed by atoms with Crippen LogP contribution in [0.25, 0.3) is 0 Å². The first-order chi connectivity index (χ1) is 9.08. The summed E-state index contributed by atoms with van der Waals surface area (Å²) in [5, 5.41) is 0. The van der Waals surface area contributed by atoms with Crippen molar-refractivity contribution in [3.05, 3.63) is 41.3 Å². The Bertz CT molecular complexity index is 681. The molecule has 1 aromatic carbocycles. The molecule has 1 aromatic heterocycles. The van der Waals surface area contributed by atoms with Gasteiger partial charge in [0.2, 0.25) is 5.91 Å². The van der Waals surface area contributed by atoms with Gasteiger partial charge in [-0.2, -0.15) is 0 Å². The number of aromatic nitrogens is 2. The highest BCUT2D eigenvalue weighted by Gasteiger charge is 2.31. The van der Waals surface area contributed by atoms with Gasteiger partial charge in [0.05, 0.1) is 17.8 Å². The van der Waals surface area contributed by atoms with E-state index in [1.165, 1.54) is 6.33 Å². The molecule has 5 nitrogen and oxygen atoms in total. The van der Waals surface area contributed by atoms with Gasteiger partial charge in [0, 0.05) is 11.8 Å². The molecule has 1 aliphatic heterocycles. The number of carbonyl (C=O) groups excluding carboxylic acids is 1. The maximum Gasteiger partial charge on any atom is 0.237 e. The molecule has 0 bridgehead atoms. The Kier molecular flexibility index (Phi) is 2.48. The number of amides is 1. The number of aryl methyl sites for hydroxylation is 2. The molecule has 0 unspecified atom stereocenters. The Balaban J connectivity index is 2.20. The van der Waals surface area contributed by atoms with Crippen LogP contribution in [-0.2, 0) is 11.2 Å². The third-order valence-electron chi connectivity index (χ3n) is 3.32. The molecule has 0 saturated heterocycles. The zero-order chi connectivity index (χ0) is 13.6. The predicted octanol–water partition coefficient (Wildman–Crippen LogP) is 1.90. The number of anilines is 3. The SMILES string of the molecule is Cc1cc(C)c(N)c(N2C(=O)Cc3cncnc32)c1. The van der Waals surface area contributed by atoms with Crippen molar-refractivity contribution in [1.82, 2.24) is 9.97 Å². The highest BCUT2D eigenvalue weighted by atomic mass is 16.2. The molecule has 19 heavy (non-hydrogen) atoms. The summed E-state index contributed by atoms with van der Waals surface area (Å²) < 4.78 is 0. The van der Waals surface area contributed by atoms with Crippen LogP contribution in [0.2, 0.25) is 0 Å². The first kappa shape index (κ1) is 11.6. The first-order valence-corrected chi connectivity index (χ1v) is 6.06. The molecule has 0 saturated carbocycles. The smallest absolute Gasteiger partial charge is 0.237 e. The Labute approximate surface area is 111 Å². The topological polar surface area (TPSA) is 72.1 Å². The molecular weight excluding hydrogens is 240 g/mol. The van der Waals surface area contributed by atoms with Crippen LogP contribution in [0.15, 0.2) is 24.7 Å². The molecular formula is C14H14N4O. The molecule has 0 aliphatic carbocycles. The van der Waals surface area contributed by atoms with E-state index in [0.717, 1.165) is 16.7 Å². The van der Waals surface area contributed by atoms with E-state index in [1.54, 1.807) is 11.1 Å². The summed E-state index contributed by atoms with van der Waals surface area (Å²) in [5.74, 6) is 0.615. The van der Waals surface area contributed by atoms with Gasteiger partial charge >= 0.3 is 0 Å². The summed E-state index contributed by atoms with van der Waals surface area (Å²) in [5.41, 5.74) is 10.3. The van der Waals surface area contributed by atoms with Crippen molar-refractivity contribution in [3.8, 4) is 0 Å². The van der Waals surface area contributed by atoms with Crippen LogP contribution in [0.5, 0.6) is 0 Å². The molecule has 0 atom stereocenters. The number of fused-ring (bicyclic) bond motifs is 1. The average Bonchev–Trinajstić information content (AvgIpc) is 2.70. The van der Waals surface area contributed by atoms with Gasteiger partial charge in [-0.1, -0.05) is 6.07 Å². The highest BCUT2D eigenvalue weighted by Crippen LogP contribution is 2.37. The van der Waals surface area contributed by atoms with E-state index in [9.17, 15) is 4.79 Å². The number of hydrogen-bond donors (Lipinski definition) is 1. The number of benzene rings is 1. The summed E-state index contributed by atoms with van der Waals surface area (Å²) >= 11 is 0. The van der Waals surface area contributed by atoms with Crippen LogP contribution in [0, 0.1) is 13.8 Å². The molecule has 1 amide bonds. The maximum absolute atomic E-state index is 12.2. The molecule has 0 fully saturated rings. The number of rotatable bonds is 1. The first-order valence-electron chi connectivity index (χ1n) is 6.06. The van der Waals surface area contributed by atoms with Gasteiger partial charge in [0.1, 0.15) is 12.1 Å². The predicted molar refractivity (Wildman–Crippen MR) is 73.2 cm³/mol. The zero-order valence-electron chi connectivity index (χ0n) is 10.8. The summed E-state index contributed by atoms with van der Waals surface area (Å²) in [4.78, 5) is 22.0. The van der Waals surface area contributed by atoms with Crippen LogP contribution in [0.4, 0.5) is 17.2 Å². The third kappa shape index (κ3) is 1.74. The van der Waals surface area contributed by atoms with E-state index in [2.05, 4.69) is 9.97 Å². The van der Waals surface area contributed by atoms with Gasteiger partial charge in [-0.15, -0.1) is 0 Å². The average molecular weight is 254 g/mol. The third-order valence-corrected chi connectivity index (χ3v) is 3.32. The van der Waals surface area contributed by atoms with Crippen molar-refractivity contribution < 1.29 is 4.79 Å². The molecule has 0 radical (unpaired) electrons. The lowest BCUT2D eigenvalue weighted by molar-refractivity contribution is -0.116. The van der Waals surface area contributed by atoms with Crippen LogP contribution in [0.3, 0.4) is 0 Å². The number of nitrogen functional groups attached to an aromatic ring is 1. The van der Waals surface area contributed by atoms with E-state index >= 15 is 0 Å². The van der Waals surface area contributed by atoms with Crippen molar-refractivity contribution in [2.45, 2.75) is 20.3 Å². The van der Waals surface area contributed by atoms with E-state index in [-0.39, 0.29) is 5.91 Å².